The summed E-state index contributed by atoms with van der Waals surface area (Å²) in [5, 5.41) is 0. The zero-order valence-corrected chi connectivity index (χ0v) is 10.9. The molecular formula is C12H16BrNO2. The van der Waals surface area contributed by atoms with Crippen molar-refractivity contribution in [3.05, 3.63) is 34.3 Å². The van der Waals surface area contributed by atoms with Gasteiger partial charge in [-0.25, -0.2) is 0 Å². The first-order valence-electron chi connectivity index (χ1n) is 5.27. The van der Waals surface area contributed by atoms with E-state index < -0.39 is 0 Å². The largest absolute Gasteiger partial charge is 0.466 e. The molecule has 0 radical (unpaired) electrons. The molecule has 0 aromatic heterocycles. The minimum atomic E-state index is -0.231. The number of hydrogen-bond donors (Lipinski definition) is 1. The van der Waals surface area contributed by atoms with Crippen LogP contribution in [0.15, 0.2) is 28.7 Å². The van der Waals surface area contributed by atoms with Crippen LogP contribution in [-0.4, -0.2) is 18.6 Å². The Morgan fingerprint density at radius 3 is 2.94 bits per heavy atom. The molecule has 0 aliphatic rings. The third-order valence-corrected chi connectivity index (χ3v) is 2.61. The molecule has 0 aliphatic carbocycles. The van der Waals surface area contributed by atoms with Gasteiger partial charge in [0.1, 0.15) is 0 Å². The monoisotopic (exact) mass is 285 g/mol. The number of nitrogens with two attached hydrogens (primary N) is 1. The molecular weight excluding hydrogens is 270 g/mol. The Morgan fingerprint density at radius 2 is 2.31 bits per heavy atom. The highest BCUT2D eigenvalue weighted by atomic mass is 79.9. The molecule has 0 fully saturated rings. The Labute approximate surface area is 104 Å². The molecule has 0 saturated carbocycles. The van der Waals surface area contributed by atoms with Crippen LogP contribution in [0.3, 0.4) is 0 Å². The molecule has 0 aliphatic heterocycles. The zero-order valence-electron chi connectivity index (χ0n) is 9.28. The van der Waals surface area contributed by atoms with E-state index in [0.717, 1.165) is 10.0 Å². The number of ether oxygens (including phenoxy) is 1. The predicted octanol–water partition coefficient (Wildman–Crippen LogP) is 2.27. The summed E-state index contributed by atoms with van der Waals surface area (Å²) in [4.78, 5) is 11.2. The summed E-state index contributed by atoms with van der Waals surface area (Å²) in [5.41, 5.74) is 6.99. The van der Waals surface area contributed by atoms with Crippen LogP contribution in [0.2, 0.25) is 0 Å². The minimum absolute atomic E-state index is 0.187. The Kier molecular flexibility index (Phi) is 5.49. The van der Waals surface area contributed by atoms with Crippen molar-refractivity contribution in [2.75, 3.05) is 6.61 Å². The van der Waals surface area contributed by atoms with E-state index in [0.29, 0.717) is 13.0 Å². The third kappa shape index (κ3) is 4.77. The van der Waals surface area contributed by atoms with E-state index in [1.54, 1.807) is 6.92 Å². The fourth-order valence-corrected chi connectivity index (χ4v) is 1.92. The Bertz CT molecular complexity index is 355. The first-order valence-corrected chi connectivity index (χ1v) is 6.06. The average Bonchev–Trinajstić information content (AvgIpc) is 2.17. The van der Waals surface area contributed by atoms with Crippen LogP contribution in [0.4, 0.5) is 0 Å². The second-order valence-corrected chi connectivity index (χ2v) is 4.52. The number of carbonyl (C=O) groups excluding carboxylic acids is 1. The van der Waals surface area contributed by atoms with Gasteiger partial charge in [0.15, 0.2) is 0 Å². The molecule has 0 saturated heterocycles. The standard InChI is InChI=1S/C12H16BrNO2/c1-2-16-12(15)8-11(14)7-9-4-3-5-10(13)6-9/h3-6,11H,2,7-8,14H2,1H3/t11-/m0/s1. The number of hydrogen-bond acceptors (Lipinski definition) is 3. The molecule has 1 atom stereocenters. The van der Waals surface area contributed by atoms with Gasteiger partial charge in [0.25, 0.3) is 0 Å². The van der Waals surface area contributed by atoms with Gasteiger partial charge in [-0.05, 0) is 31.0 Å². The number of halogens is 1. The summed E-state index contributed by atoms with van der Waals surface area (Å²) < 4.78 is 5.87. The average molecular weight is 286 g/mol. The van der Waals surface area contributed by atoms with Crippen molar-refractivity contribution in [2.24, 2.45) is 5.73 Å². The summed E-state index contributed by atoms with van der Waals surface area (Å²) in [6.45, 7) is 2.19. The van der Waals surface area contributed by atoms with Crippen LogP contribution in [0.1, 0.15) is 18.9 Å². The quantitative estimate of drug-likeness (QED) is 0.845. The highest BCUT2D eigenvalue weighted by Gasteiger charge is 2.10. The van der Waals surface area contributed by atoms with Crippen LogP contribution in [0, 0.1) is 0 Å². The smallest absolute Gasteiger partial charge is 0.307 e. The Balaban J connectivity index is 2.45. The second-order valence-electron chi connectivity index (χ2n) is 3.60. The molecule has 1 rings (SSSR count). The molecule has 0 unspecified atom stereocenters. The van der Waals surface area contributed by atoms with Gasteiger partial charge in [-0.3, -0.25) is 4.79 Å². The number of esters is 1. The van der Waals surface area contributed by atoms with Crippen LogP contribution < -0.4 is 5.73 Å². The van der Waals surface area contributed by atoms with Gasteiger partial charge in [0.2, 0.25) is 0 Å². The van der Waals surface area contributed by atoms with E-state index in [2.05, 4.69) is 15.9 Å². The van der Waals surface area contributed by atoms with Crippen molar-refractivity contribution >= 4 is 21.9 Å². The lowest BCUT2D eigenvalue weighted by Gasteiger charge is -2.10. The van der Waals surface area contributed by atoms with E-state index in [9.17, 15) is 4.79 Å². The highest BCUT2D eigenvalue weighted by molar-refractivity contribution is 9.10. The summed E-state index contributed by atoms with van der Waals surface area (Å²) in [5.74, 6) is -0.231. The summed E-state index contributed by atoms with van der Waals surface area (Å²) in [6, 6.07) is 7.73. The topological polar surface area (TPSA) is 52.3 Å². The summed E-state index contributed by atoms with van der Waals surface area (Å²) in [7, 11) is 0. The van der Waals surface area contributed by atoms with Crippen molar-refractivity contribution in [3.63, 3.8) is 0 Å². The SMILES string of the molecule is CCOC(=O)C[C@@H](N)Cc1cccc(Br)c1. The molecule has 3 nitrogen and oxygen atoms in total. The van der Waals surface area contributed by atoms with Crippen LogP contribution in [0.5, 0.6) is 0 Å². The Morgan fingerprint density at radius 1 is 1.56 bits per heavy atom. The minimum Gasteiger partial charge on any atom is -0.466 e. The van der Waals surface area contributed by atoms with Gasteiger partial charge in [-0.1, -0.05) is 28.1 Å². The van der Waals surface area contributed by atoms with E-state index in [4.69, 9.17) is 10.5 Å². The lowest BCUT2D eigenvalue weighted by atomic mass is 10.0. The van der Waals surface area contributed by atoms with Gasteiger partial charge >= 0.3 is 5.97 Å². The third-order valence-electron chi connectivity index (χ3n) is 2.12. The van der Waals surface area contributed by atoms with Gasteiger partial charge in [-0.15, -0.1) is 0 Å². The molecule has 16 heavy (non-hydrogen) atoms. The summed E-state index contributed by atoms with van der Waals surface area (Å²) in [6.07, 6.45) is 0.943. The number of benzene rings is 1. The molecule has 2 N–H and O–H groups in total. The maximum atomic E-state index is 11.2. The normalized spacial score (nSPS) is 12.2. The van der Waals surface area contributed by atoms with Crippen molar-refractivity contribution in [1.82, 2.24) is 0 Å². The van der Waals surface area contributed by atoms with Gasteiger partial charge < -0.3 is 10.5 Å². The number of carbonyl (C=O) groups is 1. The van der Waals surface area contributed by atoms with Crippen molar-refractivity contribution in [1.29, 1.82) is 0 Å². The first-order chi connectivity index (χ1) is 7.61. The predicted molar refractivity (Wildman–Crippen MR) is 67.1 cm³/mol. The molecule has 1 aromatic carbocycles. The highest BCUT2D eigenvalue weighted by Crippen LogP contribution is 2.13. The molecule has 0 heterocycles. The first kappa shape index (κ1) is 13.2. The molecule has 1 aromatic rings. The molecule has 0 spiro atoms. The second kappa shape index (κ2) is 6.66. The summed E-state index contributed by atoms with van der Waals surface area (Å²) >= 11 is 3.40. The molecule has 88 valence electrons. The maximum Gasteiger partial charge on any atom is 0.307 e. The lowest BCUT2D eigenvalue weighted by Crippen LogP contribution is -2.27. The molecule has 4 heteroatoms. The Hall–Kier alpha value is -0.870. The zero-order chi connectivity index (χ0) is 12.0. The van der Waals surface area contributed by atoms with E-state index in [1.807, 2.05) is 24.3 Å². The van der Waals surface area contributed by atoms with Crippen LogP contribution in [0.25, 0.3) is 0 Å². The fourth-order valence-electron chi connectivity index (χ4n) is 1.47. The fraction of sp³-hybridized carbons (Fsp3) is 0.417. The van der Waals surface area contributed by atoms with Crippen LogP contribution >= 0.6 is 15.9 Å². The van der Waals surface area contributed by atoms with Gasteiger partial charge in [-0.2, -0.15) is 0 Å². The van der Waals surface area contributed by atoms with E-state index in [-0.39, 0.29) is 18.4 Å². The maximum absolute atomic E-state index is 11.2. The van der Waals surface area contributed by atoms with E-state index >= 15 is 0 Å². The van der Waals surface area contributed by atoms with Gasteiger partial charge in [0, 0.05) is 10.5 Å². The van der Waals surface area contributed by atoms with Crippen molar-refractivity contribution < 1.29 is 9.53 Å². The van der Waals surface area contributed by atoms with Crippen LogP contribution in [-0.2, 0) is 16.0 Å². The lowest BCUT2D eigenvalue weighted by molar-refractivity contribution is -0.143. The van der Waals surface area contributed by atoms with E-state index in [1.165, 1.54) is 0 Å². The number of rotatable bonds is 5. The van der Waals surface area contributed by atoms with Crippen molar-refractivity contribution in [2.45, 2.75) is 25.8 Å². The molecule has 0 amide bonds. The molecule has 0 bridgehead atoms. The van der Waals surface area contributed by atoms with Crippen molar-refractivity contribution in [3.8, 4) is 0 Å². The van der Waals surface area contributed by atoms with Gasteiger partial charge in [0.05, 0.1) is 13.0 Å².